The van der Waals surface area contributed by atoms with E-state index in [9.17, 15) is 41.0 Å². The van der Waals surface area contributed by atoms with Crippen LogP contribution in [0.4, 0.5) is 32.0 Å². The average Bonchev–Trinajstić information content (AvgIpc) is 3.09. The molecule has 0 aliphatic heterocycles. The lowest BCUT2D eigenvalue weighted by Crippen LogP contribution is -2.19. The number of carbonyl (C=O) groups excluding carboxylic acids is 1. The van der Waals surface area contributed by atoms with E-state index in [1.807, 2.05) is 0 Å². The number of carboxylic acid groups (broad SMARTS) is 1. The number of benzene rings is 2. The molecule has 0 saturated carbocycles. The van der Waals surface area contributed by atoms with Crippen molar-refractivity contribution in [3.05, 3.63) is 70.4 Å². The number of amides is 1. The van der Waals surface area contributed by atoms with Crippen LogP contribution in [0.15, 0.2) is 42.5 Å². The van der Waals surface area contributed by atoms with Gasteiger partial charge in [-0.1, -0.05) is 0 Å². The van der Waals surface area contributed by atoms with Crippen molar-refractivity contribution in [2.24, 2.45) is 0 Å². The number of alkyl halides is 3. The SMILES string of the molecule is O=C(O)c1sc(-c2ccc(OCC(F)(F)F)cc2)cc1NC(=O)c1c(F)cc(F)cc1F. The first kappa shape index (κ1) is 23.1. The first-order valence-corrected chi connectivity index (χ1v) is 9.39. The quantitative estimate of drug-likeness (QED) is 0.447. The summed E-state index contributed by atoms with van der Waals surface area (Å²) in [5.74, 6) is -7.02. The van der Waals surface area contributed by atoms with Gasteiger partial charge in [-0.3, -0.25) is 4.79 Å². The Labute approximate surface area is 179 Å². The molecule has 168 valence electrons. The first-order valence-electron chi connectivity index (χ1n) is 8.57. The van der Waals surface area contributed by atoms with Gasteiger partial charge < -0.3 is 15.2 Å². The fourth-order valence-corrected chi connectivity index (χ4v) is 3.57. The third-order valence-electron chi connectivity index (χ3n) is 3.95. The van der Waals surface area contributed by atoms with E-state index in [1.165, 1.54) is 30.3 Å². The number of halogens is 6. The van der Waals surface area contributed by atoms with Crippen molar-refractivity contribution in [1.29, 1.82) is 0 Å². The second-order valence-electron chi connectivity index (χ2n) is 6.29. The van der Waals surface area contributed by atoms with Gasteiger partial charge in [0.25, 0.3) is 5.91 Å². The smallest absolute Gasteiger partial charge is 0.422 e. The third kappa shape index (κ3) is 5.38. The standard InChI is InChI=1S/C20H11F6NO4S/c21-10-5-12(22)16(13(23)6-10)18(28)27-14-7-15(32-17(14)19(29)30)9-1-3-11(4-2-9)31-8-20(24,25)26/h1-7H,8H2,(H,27,28)(H,29,30). The molecule has 2 aromatic carbocycles. The molecule has 0 aliphatic carbocycles. The maximum Gasteiger partial charge on any atom is 0.422 e. The minimum atomic E-state index is -4.51. The molecule has 0 atom stereocenters. The summed E-state index contributed by atoms with van der Waals surface area (Å²) in [5, 5.41) is 11.5. The zero-order valence-electron chi connectivity index (χ0n) is 15.6. The number of anilines is 1. The van der Waals surface area contributed by atoms with Crippen molar-refractivity contribution in [2.45, 2.75) is 6.18 Å². The first-order chi connectivity index (χ1) is 14.9. The van der Waals surface area contributed by atoms with Crippen LogP contribution in [0.2, 0.25) is 0 Å². The Hall–Kier alpha value is -3.54. The van der Waals surface area contributed by atoms with Crippen LogP contribution in [0, 0.1) is 17.5 Å². The van der Waals surface area contributed by atoms with E-state index < -0.39 is 47.7 Å². The van der Waals surface area contributed by atoms with E-state index in [1.54, 1.807) is 0 Å². The van der Waals surface area contributed by atoms with Crippen molar-refractivity contribution in [3.8, 4) is 16.2 Å². The molecule has 0 aliphatic rings. The van der Waals surface area contributed by atoms with Crippen LogP contribution in [0.25, 0.3) is 10.4 Å². The van der Waals surface area contributed by atoms with Crippen LogP contribution in [0.3, 0.4) is 0 Å². The van der Waals surface area contributed by atoms with E-state index >= 15 is 0 Å². The highest BCUT2D eigenvalue weighted by Crippen LogP contribution is 2.36. The maximum atomic E-state index is 13.8. The van der Waals surface area contributed by atoms with Crippen LogP contribution >= 0.6 is 11.3 Å². The summed E-state index contributed by atoms with van der Waals surface area (Å²) in [7, 11) is 0. The van der Waals surface area contributed by atoms with Crippen molar-refractivity contribution in [1.82, 2.24) is 0 Å². The molecule has 1 heterocycles. The summed E-state index contributed by atoms with van der Waals surface area (Å²) in [6.07, 6.45) is -4.51. The molecular formula is C20H11F6NO4S. The van der Waals surface area contributed by atoms with Gasteiger partial charge in [0, 0.05) is 17.0 Å². The van der Waals surface area contributed by atoms with Crippen molar-refractivity contribution in [3.63, 3.8) is 0 Å². The minimum absolute atomic E-state index is 0.0723. The normalized spacial score (nSPS) is 11.3. The van der Waals surface area contributed by atoms with Crippen molar-refractivity contribution < 1.29 is 45.8 Å². The summed E-state index contributed by atoms with van der Waals surface area (Å²) >= 11 is 0.710. The summed E-state index contributed by atoms with van der Waals surface area (Å²) in [5.41, 5.74) is -0.985. The number of carboxylic acids is 1. The van der Waals surface area contributed by atoms with E-state index in [-0.39, 0.29) is 16.3 Å². The van der Waals surface area contributed by atoms with Gasteiger partial charge >= 0.3 is 12.1 Å². The molecule has 0 unspecified atom stereocenters. The van der Waals surface area contributed by atoms with Gasteiger partial charge in [-0.2, -0.15) is 13.2 Å². The summed E-state index contributed by atoms with van der Waals surface area (Å²) in [4.78, 5) is 23.7. The number of hydrogen-bond acceptors (Lipinski definition) is 4. The Morgan fingerprint density at radius 3 is 2.12 bits per heavy atom. The molecule has 3 rings (SSSR count). The number of rotatable bonds is 6. The Balaban J connectivity index is 1.86. The lowest BCUT2D eigenvalue weighted by Gasteiger charge is -2.09. The molecule has 12 heteroatoms. The molecule has 5 nitrogen and oxygen atoms in total. The predicted molar refractivity (Wildman–Crippen MR) is 103 cm³/mol. The zero-order valence-corrected chi connectivity index (χ0v) is 16.4. The number of thiophene rings is 1. The number of hydrogen-bond donors (Lipinski definition) is 2. The van der Waals surface area contributed by atoms with E-state index in [0.717, 1.165) is 0 Å². The van der Waals surface area contributed by atoms with Gasteiger partial charge in [-0.05, 0) is 35.9 Å². The highest BCUT2D eigenvalue weighted by Gasteiger charge is 2.28. The average molecular weight is 475 g/mol. The molecule has 0 spiro atoms. The molecule has 0 saturated heterocycles. The van der Waals surface area contributed by atoms with Gasteiger partial charge in [0.2, 0.25) is 0 Å². The van der Waals surface area contributed by atoms with E-state index in [0.29, 0.717) is 33.9 Å². The van der Waals surface area contributed by atoms with Crippen LogP contribution in [0.1, 0.15) is 20.0 Å². The van der Waals surface area contributed by atoms with E-state index in [4.69, 9.17) is 0 Å². The highest BCUT2D eigenvalue weighted by atomic mass is 32.1. The van der Waals surface area contributed by atoms with Crippen LogP contribution in [-0.4, -0.2) is 29.8 Å². The van der Waals surface area contributed by atoms with Gasteiger partial charge in [0.1, 0.15) is 33.6 Å². The Bertz CT molecular complexity index is 1150. The number of ether oxygens (including phenoxy) is 1. The van der Waals surface area contributed by atoms with Gasteiger partial charge in [-0.25, -0.2) is 18.0 Å². The van der Waals surface area contributed by atoms with Crippen LogP contribution < -0.4 is 10.1 Å². The Morgan fingerprint density at radius 2 is 1.59 bits per heavy atom. The topological polar surface area (TPSA) is 75.6 Å². The lowest BCUT2D eigenvalue weighted by molar-refractivity contribution is -0.153. The third-order valence-corrected chi connectivity index (χ3v) is 5.12. The number of nitrogens with one attached hydrogen (secondary N) is 1. The van der Waals surface area contributed by atoms with Crippen LogP contribution in [-0.2, 0) is 0 Å². The fourth-order valence-electron chi connectivity index (χ4n) is 2.61. The molecule has 1 aromatic heterocycles. The van der Waals surface area contributed by atoms with E-state index in [2.05, 4.69) is 10.1 Å². The zero-order chi connectivity index (χ0) is 23.6. The Kier molecular flexibility index (Phi) is 6.44. The van der Waals surface area contributed by atoms with Crippen molar-refractivity contribution >= 4 is 28.9 Å². The minimum Gasteiger partial charge on any atom is -0.484 e. The Morgan fingerprint density at radius 1 is 1.00 bits per heavy atom. The molecule has 3 aromatic rings. The molecule has 0 radical (unpaired) electrons. The molecule has 2 N–H and O–H groups in total. The number of aromatic carboxylic acids is 1. The molecule has 0 fully saturated rings. The largest absolute Gasteiger partial charge is 0.484 e. The second-order valence-corrected chi connectivity index (χ2v) is 7.34. The molecule has 32 heavy (non-hydrogen) atoms. The monoisotopic (exact) mass is 475 g/mol. The fraction of sp³-hybridized carbons (Fsp3) is 0.100. The van der Waals surface area contributed by atoms with Crippen molar-refractivity contribution in [2.75, 3.05) is 11.9 Å². The van der Waals surface area contributed by atoms with Gasteiger partial charge in [0.05, 0.1) is 5.69 Å². The lowest BCUT2D eigenvalue weighted by atomic mass is 10.1. The summed E-state index contributed by atoms with van der Waals surface area (Å²) in [6, 6.07) is 7.04. The highest BCUT2D eigenvalue weighted by molar-refractivity contribution is 7.18. The van der Waals surface area contributed by atoms with Crippen LogP contribution in [0.5, 0.6) is 5.75 Å². The molecule has 0 bridgehead atoms. The predicted octanol–water partition coefficient (Wildman–Crippen LogP) is 5.72. The summed E-state index contributed by atoms with van der Waals surface area (Å²) < 4.78 is 82.0. The van der Waals surface area contributed by atoms with Gasteiger partial charge in [-0.15, -0.1) is 11.3 Å². The summed E-state index contributed by atoms with van der Waals surface area (Å²) in [6.45, 7) is -1.48. The maximum absolute atomic E-state index is 13.8. The van der Waals surface area contributed by atoms with Gasteiger partial charge in [0.15, 0.2) is 6.61 Å². The molecule has 1 amide bonds. The number of carbonyl (C=O) groups is 2. The second kappa shape index (κ2) is 8.91. The molecular weight excluding hydrogens is 464 g/mol.